The van der Waals surface area contributed by atoms with Gasteiger partial charge in [-0.25, -0.2) is 13.2 Å². The minimum Gasteiger partial charge on any atom is -0.313 e. The maximum absolute atomic E-state index is 12.8. The second-order valence-corrected chi connectivity index (χ2v) is 4.28. The molecule has 1 aliphatic carbocycles. The van der Waals surface area contributed by atoms with E-state index in [2.05, 4.69) is 5.32 Å². The van der Waals surface area contributed by atoms with Crippen molar-refractivity contribution in [2.75, 3.05) is 6.54 Å². The van der Waals surface area contributed by atoms with E-state index in [1.807, 2.05) is 0 Å². The smallest absolute Gasteiger partial charge is 0.194 e. The van der Waals surface area contributed by atoms with E-state index in [9.17, 15) is 13.2 Å². The molecule has 0 bridgehead atoms. The highest BCUT2D eigenvalue weighted by molar-refractivity contribution is 5.19. The SMILES string of the molecule is Fc1cc(CNCCC2CC2)cc(F)c1F. The van der Waals surface area contributed by atoms with Crippen LogP contribution >= 0.6 is 0 Å². The van der Waals surface area contributed by atoms with E-state index in [4.69, 9.17) is 0 Å². The summed E-state index contributed by atoms with van der Waals surface area (Å²) in [5.41, 5.74) is 0.437. The molecule has 0 aliphatic heterocycles. The van der Waals surface area contributed by atoms with Gasteiger partial charge in [-0.1, -0.05) is 12.8 Å². The monoisotopic (exact) mass is 229 g/mol. The van der Waals surface area contributed by atoms with Crippen LogP contribution in [0.4, 0.5) is 13.2 Å². The molecule has 1 aromatic rings. The summed E-state index contributed by atoms with van der Waals surface area (Å²) >= 11 is 0. The lowest BCUT2D eigenvalue weighted by Gasteiger charge is -2.05. The molecular formula is C12H14F3N. The molecule has 1 aromatic carbocycles. The van der Waals surface area contributed by atoms with Crippen molar-refractivity contribution in [3.63, 3.8) is 0 Å². The van der Waals surface area contributed by atoms with Crippen molar-refractivity contribution in [3.05, 3.63) is 35.1 Å². The molecule has 2 rings (SSSR count). The Bertz CT molecular complexity index is 352. The molecule has 1 fully saturated rings. The van der Waals surface area contributed by atoms with Crippen LogP contribution in [0.1, 0.15) is 24.8 Å². The van der Waals surface area contributed by atoms with Crippen LogP contribution in [0.5, 0.6) is 0 Å². The van der Waals surface area contributed by atoms with Crippen LogP contribution < -0.4 is 5.32 Å². The average Bonchev–Trinajstić information content (AvgIpc) is 3.04. The molecular weight excluding hydrogens is 215 g/mol. The van der Waals surface area contributed by atoms with Gasteiger partial charge in [-0.3, -0.25) is 0 Å². The summed E-state index contributed by atoms with van der Waals surface area (Å²) in [6, 6.07) is 2.06. The molecule has 1 aliphatic rings. The van der Waals surface area contributed by atoms with Crippen molar-refractivity contribution in [1.29, 1.82) is 0 Å². The van der Waals surface area contributed by atoms with Gasteiger partial charge >= 0.3 is 0 Å². The van der Waals surface area contributed by atoms with Gasteiger partial charge in [0.05, 0.1) is 0 Å². The van der Waals surface area contributed by atoms with E-state index in [1.165, 1.54) is 12.8 Å². The van der Waals surface area contributed by atoms with Gasteiger partial charge in [0.1, 0.15) is 0 Å². The third kappa shape index (κ3) is 2.98. The summed E-state index contributed by atoms with van der Waals surface area (Å²) in [5, 5.41) is 3.09. The highest BCUT2D eigenvalue weighted by Gasteiger charge is 2.20. The molecule has 0 unspecified atom stereocenters. The van der Waals surface area contributed by atoms with E-state index in [1.54, 1.807) is 0 Å². The zero-order valence-corrected chi connectivity index (χ0v) is 8.90. The van der Waals surface area contributed by atoms with Crippen LogP contribution in [-0.2, 0) is 6.54 Å². The highest BCUT2D eigenvalue weighted by atomic mass is 19.2. The maximum Gasteiger partial charge on any atom is 0.194 e. The third-order valence-corrected chi connectivity index (χ3v) is 2.80. The first-order chi connectivity index (χ1) is 7.66. The van der Waals surface area contributed by atoms with Gasteiger partial charge in [-0.2, -0.15) is 0 Å². The second-order valence-electron chi connectivity index (χ2n) is 4.28. The third-order valence-electron chi connectivity index (χ3n) is 2.80. The van der Waals surface area contributed by atoms with E-state index in [0.717, 1.165) is 31.0 Å². The number of nitrogens with one attached hydrogen (secondary N) is 1. The van der Waals surface area contributed by atoms with Gasteiger partial charge in [0.2, 0.25) is 0 Å². The Hall–Kier alpha value is -1.03. The molecule has 0 heterocycles. The lowest BCUT2D eigenvalue weighted by Crippen LogP contribution is -2.15. The largest absolute Gasteiger partial charge is 0.313 e. The summed E-state index contributed by atoms with van der Waals surface area (Å²) in [6.07, 6.45) is 3.69. The lowest BCUT2D eigenvalue weighted by molar-refractivity contribution is 0.444. The normalized spacial score (nSPS) is 15.4. The molecule has 0 amide bonds. The van der Waals surface area contributed by atoms with Crippen LogP contribution in [-0.4, -0.2) is 6.54 Å². The predicted octanol–water partition coefficient (Wildman–Crippen LogP) is 2.99. The zero-order chi connectivity index (χ0) is 11.5. The van der Waals surface area contributed by atoms with Crippen molar-refractivity contribution in [2.45, 2.75) is 25.8 Å². The molecule has 1 nitrogen and oxygen atoms in total. The van der Waals surface area contributed by atoms with Crippen molar-refractivity contribution < 1.29 is 13.2 Å². The van der Waals surface area contributed by atoms with Crippen molar-refractivity contribution in [1.82, 2.24) is 5.32 Å². The van der Waals surface area contributed by atoms with Gasteiger partial charge in [0, 0.05) is 6.54 Å². The molecule has 1 N–H and O–H groups in total. The van der Waals surface area contributed by atoms with Crippen molar-refractivity contribution >= 4 is 0 Å². The van der Waals surface area contributed by atoms with E-state index < -0.39 is 17.5 Å². The molecule has 0 atom stereocenters. The molecule has 16 heavy (non-hydrogen) atoms. The summed E-state index contributed by atoms with van der Waals surface area (Å²) in [4.78, 5) is 0. The first-order valence-corrected chi connectivity index (χ1v) is 5.51. The first-order valence-electron chi connectivity index (χ1n) is 5.51. The standard InChI is InChI=1S/C12H14F3N/c13-10-5-9(6-11(14)12(10)15)7-16-4-3-8-1-2-8/h5-6,8,16H,1-4,7H2. The Kier molecular flexibility index (Phi) is 3.49. The highest BCUT2D eigenvalue weighted by Crippen LogP contribution is 2.31. The van der Waals surface area contributed by atoms with Gasteiger partial charge in [-0.05, 0) is 36.6 Å². The molecule has 0 radical (unpaired) electrons. The van der Waals surface area contributed by atoms with Crippen LogP contribution in [0.15, 0.2) is 12.1 Å². The van der Waals surface area contributed by atoms with Crippen molar-refractivity contribution in [3.8, 4) is 0 Å². The molecule has 88 valence electrons. The Labute approximate surface area is 92.7 Å². The minimum absolute atomic E-state index is 0.376. The molecule has 1 saturated carbocycles. The summed E-state index contributed by atoms with van der Waals surface area (Å²) in [7, 11) is 0. The molecule has 0 saturated heterocycles. The van der Waals surface area contributed by atoms with Crippen LogP contribution in [0.25, 0.3) is 0 Å². The summed E-state index contributed by atoms with van der Waals surface area (Å²) in [5.74, 6) is -2.83. The van der Waals surface area contributed by atoms with E-state index >= 15 is 0 Å². The Balaban J connectivity index is 1.83. The van der Waals surface area contributed by atoms with Gasteiger partial charge in [0.15, 0.2) is 17.5 Å². The predicted molar refractivity (Wildman–Crippen MR) is 55.4 cm³/mol. The van der Waals surface area contributed by atoms with Crippen molar-refractivity contribution in [2.24, 2.45) is 5.92 Å². The van der Waals surface area contributed by atoms with Crippen LogP contribution in [0.2, 0.25) is 0 Å². The van der Waals surface area contributed by atoms with Gasteiger partial charge in [-0.15, -0.1) is 0 Å². The number of benzene rings is 1. The fourth-order valence-electron chi connectivity index (χ4n) is 1.66. The molecule has 4 heteroatoms. The number of rotatable bonds is 5. The average molecular weight is 229 g/mol. The zero-order valence-electron chi connectivity index (χ0n) is 8.90. The maximum atomic E-state index is 12.8. The summed E-state index contributed by atoms with van der Waals surface area (Å²) in [6.45, 7) is 1.21. The lowest BCUT2D eigenvalue weighted by atomic mass is 10.2. The number of hydrogen-bond donors (Lipinski definition) is 1. The fourth-order valence-corrected chi connectivity index (χ4v) is 1.66. The number of hydrogen-bond acceptors (Lipinski definition) is 1. The minimum atomic E-state index is -1.40. The Morgan fingerprint density at radius 3 is 2.31 bits per heavy atom. The van der Waals surface area contributed by atoms with Crippen LogP contribution in [0.3, 0.4) is 0 Å². The number of halogens is 3. The molecule has 0 spiro atoms. The second kappa shape index (κ2) is 4.87. The Morgan fingerprint density at radius 2 is 1.75 bits per heavy atom. The van der Waals surface area contributed by atoms with Crippen LogP contribution in [0, 0.1) is 23.4 Å². The van der Waals surface area contributed by atoms with E-state index in [-0.39, 0.29) is 0 Å². The summed E-state index contributed by atoms with van der Waals surface area (Å²) < 4.78 is 38.3. The van der Waals surface area contributed by atoms with E-state index in [0.29, 0.717) is 12.1 Å². The quantitative estimate of drug-likeness (QED) is 0.604. The molecule has 0 aromatic heterocycles. The topological polar surface area (TPSA) is 12.0 Å². The fraction of sp³-hybridized carbons (Fsp3) is 0.500. The first kappa shape index (κ1) is 11.5. The Morgan fingerprint density at radius 1 is 1.12 bits per heavy atom. The van der Waals surface area contributed by atoms with Gasteiger partial charge in [0.25, 0.3) is 0 Å². The van der Waals surface area contributed by atoms with Gasteiger partial charge < -0.3 is 5.32 Å².